The van der Waals surface area contributed by atoms with Crippen LogP contribution >= 0.6 is 11.3 Å². The molecule has 1 amide bonds. The molecule has 0 spiro atoms. The third-order valence-corrected chi connectivity index (χ3v) is 6.27. The summed E-state index contributed by atoms with van der Waals surface area (Å²) >= 11 is 1.07. The molecular formula is C26H24FN3O5S. The molecule has 0 aliphatic heterocycles. The van der Waals surface area contributed by atoms with E-state index < -0.39 is 29.9 Å². The average Bonchev–Trinajstić information content (AvgIpc) is 3.28. The Hall–Kier alpha value is -4.05. The molecule has 4 rings (SSSR count). The third kappa shape index (κ3) is 5.13. The number of nitrogens with one attached hydrogen (secondary N) is 1. The summed E-state index contributed by atoms with van der Waals surface area (Å²) in [5, 5.41) is 9.10. The summed E-state index contributed by atoms with van der Waals surface area (Å²) in [6.07, 6.45) is 0. The van der Waals surface area contributed by atoms with Gasteiger partial charge in [-0.3, -0.25) is 9.59 Å². The number of amides is 1. The van der Waals surface area contributed by atoms with Gasteiger partial charge in [0.15, 0.2) is 23.9 Å². The van der Waals surface area contributed by atoms with Crippen molar-refractivity contribution >= 4 is 39.0 Å². The number of hydrogen-bond donors (Lipinski definition) is 1. The highest BCUT2D eigenvalue weighted by molar-refractivity contribution is 7.16. The Bertz CT molecular complexity index is 1480. The molecule has 0 aliphatic rings. The number of esters is 1. The number of halogens is 1. The number of hydrogen-bond acceptors (Lipinski definition) is 7. The highest BCUT2D eigenvalue weighted by Gasteiger charge is 2.23. The van der Waals surface area contributed by atoms with Crippen molar-refractivity contribution in [3.63, 3.8) is 0 Å². The summed E-state index contributed by atoms with van der Waals surface area (Å²) in [6, 6.07) is 13.0. The molecule has 2 aromatic heterocycles. The van der Waals surface area contributed by atoms with Gasteiger partial charge >= 0.3 is 5.97 Å². The summed E-state index contributed by atoms with van der Waals surface area (Å²) in [5.41, 5.74) is 0.987. The standard InChI is InChI=1S/C26H24FN3O5S/c1-4-34-26(33)23-18-14-36-24(28-21(31)13-35-20-8-6-5-7-19(20)27)22(18)25(32)30(29-23)17-11-9-16(10-12-17)15(2)3/h5-12,14-15H,4,13H2,1-3H3,(H,28,31). The molecule has 186 valence electrons. The van der Waals surface area contributed by atoms with Gasteiger partial charge in [-0.05, 0) is 42.7 Å². The lowest BCUT2D eigenvalue weighted by molar-refractivity contribution is -0.118. The summed E-state index contributed by atoms with van der Waals surface area (Å²) in [7, 11) is 0. The number of para-hydroxylation sites is 1. The van der Waals surface area contributed by atoms with Gasteiger partial charge in [0.2, 0.25) is 0 Å². The Morgan fingerprint density at radius 2 is 1.86 bits per heavy atom. The molecule has 0 atom stereocenters. The molecule has 0 fully saturated rings. The molecule has 0 saturated carbocycles. The van der Waals surface area contributed by atoms with E-state index >= 15 is 0 Å². The minimum Gasteiger partial charge on any atom is -0.481 e. The van der Waals surface area contributed by atoms with Crippen LogP contribution < -0.4 is 15.6 Å². The quantitative estimate of drug-likeness (QED) is 0.339. The summed E-state index contributed by atoms with van der Waals surface area (Å²) < 4.78 is 25.3. The molecule has 36 heavy (non-hydrogen) atoms. The molecule has 0 bridgehead atoms. The Balaban J connectivity index is 1.72. The first-order valence-corrected chi connectivity index (χ1v) is 12.2. The van der Waals surface area contributed by atoms with Crippen molar-refractivity contribution in [1.82, 2.24) is 9.78 Å². The van der Waals surface area contributed by atoms with Crippen LogP contribution in [0.4, 0.5) is 9.39 Å². The van der Waals surface area contributed by atoms with Crippen LogP contribution in [0.2, 0.25) is 0 Å². The van der Waals surface area contributed by atoms with Gasteiger partial charge in [-0.1, -0.05) is 38.1 Å². The van der Waals surface area contributed by atoms with E-state index in [-0.39, 0.29) is 33.8 Å². The monoisotopic (exact) mass is 509 g/mol. The van der Waals surface area contributed by atoms with Crippen molar-refractivity contribution < 1.29 is 23.5 Å². The van der Waals surface area contributed by atoms with Crippen molar-refractivity contribution in [3.8, 4) is 11.4 Å². The van der Waals surface area contributed by atoms with Gasteiger partial charge in [0.05, 0.1) is 17.7 Å². The maximum absolute atomic E-state index is 13.8. The smallest absolute Gasteiger partial charge is 0.359 e. The van der Waals surface area contributed by atoms with E-state index in [1.165, 1.54) is 18.2 Å². The van der Waals surface area contributed by atoms with Gasteiger partial charge in [-0.25, -0.2) is 9.18 Å². The van der Waals surface area contributed by atoms with E-state index in [1.54, 1.807) is 30.5 Å². The Morgan fingerprint density at radius 1 is 1.14 bits per heavy atom. The zero-order chi connectivity index (χ0) is 25.8. The fourth-order valence-electron chi connectivity index (χ4n) is 3.54. The molecule has 0 unspecified atom stereocenters. The number of thiophene rings is 1. The maximum Gasteiger partial charge on any atom is 0.359 e. The maximum atomic E-state index is 13.8. The van der Waals surface area contributed by atoms with Gasteiger partial charge in [-0.15, -0.1) is 11.3 Å². The van der Waals surface area contributed by atoms with E-state index in [4.69, 9.17) is 9.47 Å². The van der Waals surface area contributed by atoms with E-state index in [0.29, 0.717) is 11.6 Å². The summed E-state index contributed by atoms with van der Waals surface area (Å²) in [5.74, 6) is -1.64. The van der Waals surface area contributed by atoms with Gasteiger partial charge < -0.3 is 14.8 Å². The number of carbonyl (C=O) groups excluding carboxylic acids is 2. The number of rotatable bonds is 8. The lowest BCUT2D eigenvalue weighted by atomic mass is 10.0. The second kappa shape index (κ2) is 10.7. The molecule has 4 aromatic rings. The van der Waals surface area contributed by atoms with Crippen molar-refractivity contribution in [3.05, 3.63) is 81.3 Å². The topological polar surface area (TPSA) is 99.5 Å². The molecule has 0 radical (unpaired) electrons. The molecular weight excluding hydrogens is 485 g/mol. The number of benzene rings is 2. The van der Waals surface area contributed by atoms with Crippen molar-refractivity contribution in [1.29, 1.82) is 0 Å². The average molecular weight is 510 g/mol. The minimum atomic E-state index is -0.686. The van der Waals surface area contributed by atoms with E-state index in [0.717, 1.165) is 21.6 Å². The Labute approximate surface area is 210 Å². The van der Waals surface area contributed by atoms with Crippen LogP contribution in [0.5, 0.6) is 5.75 Å². The normalized spacial score (nSPS) is 11.0. The Kier molecular flexibility index (Phi) is 7.44. The molecule has 0 saturated heterocycles. The number of fused-ring (bicyclic) bond motifs is 1. The van der Waals surface area contributed by atoms with Gasteiger partial charge in [0.25, 0.3) is 11.5 Å². The lowest BCUT2D eigenvalue weighted by Crippen LogP contribution is -2.26. The van der Waals surface area contributed by atoms with Crippen molar-refractivity contribution in [2.24, 2.45) is 0 Å². The zero-order valence-electron chi connectivity index (χ0n) is 19.9. The highest BCUT2D eigenvalue weighted by atomic mass is 32.1. The number of nitrogens with zero attached hydrogens (tertiary/aromatic N) is 2. The van der Waals surface area contributed by atoms with Gasteiger partial charge in [-0.2, -0.15) is 9.78 Å². The number of anilines is 1. The molecule has 0 aliphatic carbocycles. The number of aromatic nitrogens is 2. The van der Waals surface area contributed by atoms with Crippen LogP contribution in [-0.2, 0) is 9.53 Å². The Morgan fingerprint density at radius 3 is 2.53 bits per heavy atom. The van der Waals surface area contributed by atoms with Crippen LogP contribution in [0.15, 0.2) is 58.7 Å². The van der Waals surface area contributed by atoms with Crippen LogP contribution in [0.3, 0.4) is 0 Å². The highest BCUT2D eigenvalue weighted by Crippen LogP contribution is 2.31. The first-order chi connectivity index (χ1) is 17.3. The predicted octanol–water partition coefficient (Wildman–Crippen LogP) is 4.90. The molecule has 2 heterocycles. The molecule has 8 nitrogen and oxygen atoms in total. The van der Waals surface area contributed by atoms with Crippen LogP contribution in [0, 0.1) is 5.82 Å². The first-order valence-electron chi connectivity index (χ1n) is 11.3. The summed E-state index contributed by atoms with van der Waals surface area (Å²) in [4.78, 5) is 38.7. The van der Waals surface area contributed by atoms with Crippen LogP contribution in [-0.4, -0.2) is 34.9 Å². The van der Waals surface area contributed by atoms with E-state index in [9.17, 15) is 18.8 Å². The summed E-state index contributed by atoms with van der Waals surface area (Å²) in [6.45, 7) is 5.44. The van der Waals surface area contributed by atoms with Crippen LogP contribution in [0.1, 0.15) is 42.7 Å². The van der Waals surface area contributed by atoms with Gasteiger partial charge in [0, 0.05) is 10.8 Å². The van der Waals surface area contributed by atoms with Gasteiger partial charge in [0.1, 0.15) is 5.00 Å². The van der Waals surface area contributed by atoms with E-state index in [1.807, 2.05) is 12.1 Å². The molecule has 2 aromatic carbocycles. The first kappa shape index (κ1) is 25.1. The molecule has 1 N–H and O–H groups in total. The van der Waals surface area contributed by atoms with Crippen LogP contribution in [0.25, 0.3) is 16.5 Å². The second-order valence-electron chi connectivity index (χ2n) is 8.15. The SMILES string of the molecule is CCOC(=O)c1nn(-c2ccc(C(C)C)cc2)c(=O)c2c(NC(=O)COc3ccccc3F)scc12. The minimum absolute atomic E-state index is 0.0428. The largest absolute Gasteiger partial charge is 0.481 e. The second-order valence-corrected chi connectivity index (χ2v) is 9.03. The van der Waals surface area contributed by atoms with Crippen molar-refractivity contribution in [2.75, 3.05) is 18.5 Å². The fraction of sp³-hybridized carbons (Fsp3) is 0.231. The van der Waals surface area contributed by atoms with Crippen molar-refractivity contribution in [2.45, 2.75) is 26.7 Å². The fourth-order valence-corrected chi connectivity index (χ4v) is 4.49. The zero-order valence-corrected chi connectivity index (χ0v) is 20.7. The third-order valence-electron chi connectivity index (χ3n) is 5.37. The van der Waals surface area contributed by atoms with E-state index in [2.05, 4.69) is 24.3 Å². The lowest BCUT2D eigenvalue weighted by Gasteiger charge is -2.11. The predicted molar refractivity (Wildman–Crippen MR) is 136 cm³/mol. The number of carbonyl (C=O) groups is 2. The molecule has 10 heteroatoms. The number of ether oxygens (including phenoxy) is 2.